The second-order valence-electron chi connectivity index (χ2n) is 4.58. The summed E-state index contributed by atoms with van der Waals surface area (Å²) in [6.07, 6.45) is 4.87. The molecule has 0 bridgehead atoms. The quantitative estimate of drug-likeness (QED) is 0.271. The predicted molar refractivity (Wildman–Crippen MR) is 67.0 cm³/mol. The van der Waals surface area contributed by atoms with Crippen molar-refractivity contribution < 1.29 is 101 Å². The molecule has 0 aliphatic heterocycles. The van der Waals surface area contributed by atoms with E-state index in [1.54, 1.807) is 18.2 Å². The van der Waals surface area contributed by atoms with E-state index in [2.05, 4.69) is 6.92 Å². The van der Waals surface area contributed by atoms with Crippen molar-refractivity contribution in [1.29, 1.82) is 0 Å². The maximum atomic E-state index is 10.9. The van der Waals surface area contributed by atoms with E-state index < -0.39 is 17.9 Å². The number of aryl methyl sites for hydroxylation is 1. The van der Waals surface area contributed by atoms with Gasteiger partial charge < -0.3 is 19.8 Å². The molecule has 1 rings (SSSR count). The van der Waals surface area contributed by atoms with Crippen LogP contribution in [0.4, 0.5) is 0 Å². The van der Waals surface area contributed by atoms with Gasteiger partial charge in [0, 0.05) is 0 Å². The van der Waals surface area contributed by atoms with Crippen LogP contribution in [0.2, 0.25) is 0 Å². The maximum Gasteiger partial charge on any atom is 1.00 e. The smallest absolute Gasteiger partial charge is 0.549 e. The summed E-state index contributed by atoms with van der Waals surface area (Å²) < 4.78 is 0. The van der Waals surface area contributed by atoms with Gasteiger partial charge in [-0.1, -0.05) is 50.5 Å². The number of carboxylic acid groups (broad SMARTS) is 2. The van der Waals surface area contributed by atoms with E-state index in [9.17, 15) is 19.8 Å². The Morgan fingerprint density at radius 1 is 1.05 bits per heavy atom. The summed E-state index contributed by atoms with van der Waals surface area (Å²) in [7, 11) is 0. The fourth-order valence-corrected chi connectivity index (χ4v) is 2.14. The minimum absolute atomic E-state index is 0. The van der Waals surface area contributed by atoms with Crippen molar-refractivity contribution in [2.45, 2.75) is 44.9 Å². The predicted octanol–water partition coefficient (Wildman–Crippen LogP) is -5.60. The van der Waals surface area contributed by atoms with Gasteiger partial charge in [-0.15, -0.1) is 0 Å². The molecule has 104 valence electrons. The minimum Gasteiger partial charge on any atom is -0.549 e. The average Bonchev–Trinajstić information content (AvgIpc) is 2.35. The van der Waals surface area contributed by atoms with E-state index in [0.29, 0.717) is 6.42 Å². The Morgan fingerprint density at radius 3 is 2.14 bits per heavy atom. The molecule has 1 aromatic rings. The average molecular weight is 324 g/mol. The van der Waals surface area contributed by atoms with E-state index >= 15 is 0 Å². The van der Waals surface area contributed by atoms with Gasteiger partial charge in [0.25, 0.3) is 0 Å². The van der Waals surface area contributed by atoms with Gasteiger partial charge in [0.2, 0.25) is 0 Å². The molecule has 0 aromatic heterocycles. The summed E-state index contributed by atoms with van der Waals surface area (Å²) in [6.45, 7) is 2.11. The van der Waals surface area contributed by atoms with Crippen molar-refractivity contribution in [3.63, 3.8) is 0 Å². The van der Waals surface area contributed by atoms with Crippen LogP contribution in [0.5, 0.6) is 0 Å². The van der Waals surface area contributed by atoms with Gasteiger partial charge in [-0.05, 0) is 24.0 Å². The fraction of sp³-hybridized carbons (Fsp3) is 0.467. The third kappa shape index (κ3) is 8.28. The number of rotatable bonds is 8. The number of hydrogen-bond acceptors (Lipinski definition) is 4. The van der Waals surface area contributed by atoms with Crippen LogP contribution in [0.25, 0.3) is 0 Å². The van der Waals surface area contributed by atoms with Crippen LogP contribution in [-0.2, 0) is 16.0 Å². The van der Waals surface area contributed by atoms with Crippen molar-refractivity contribution in [3.8, 4) is 0 Å². The molecule has 0 unspecified atom stereocenters. The Hall–Kier alpha value is 0.796. The number of hydrogen-bond donors (Lipinski definition) is 0. The zero-order chi connectivity index (χ0) is 14.3. The molecule has 0 radical (unpaired) electrons. The molecular weight excluding hydrogens is 306 g/mol. The topological polar surface area (TPSA) is 80.3 Å². The van der Waals surface area contributed by atoms with Crippen LogP contribution < -0.4 is 91.2 Å². The maximum absolute atomic E-state index is 10.9. The van der Waals surface area contributed by atoms with Crippen LogP contribution in [0.3, 0.4) is 0 Å². The van der Waals surface area contributed by atoms with Crippen molar-refractivity contribution in [2.24, 2.45) is 0 Å². The fourth-order valence-electron chi connectivity index (χ4n) is 2.14. The molecule has 0 aliphatic carbocycles. The summed E-state index contributed by atoms with van der Waals surface area (Å²) in [5.74, 6) is -4.94. The number of benzene rings is 1. The number of unbranched alkanes of at least 4 members (excludes halogenated alkanes) is 3. The molecule has 0 heterocycles. The molecule has 0 amide bonds. The third-order valence-corrected chi connectivity index (χ3v) is 3.14. The Labute approximate surface area is 190 Å². The number of aliphatic carboxylic acids is 2. The van der Waals surface area contributed by atoms with E-state index in [1.807, 2.05) is 0 Å². The molecule has 21 heavy (non-hydrogen) atoms. The Kier molecular flexibility index (Phi) is 15.2. The van der Waals surface area contributed by atoms with Gasteiger partial charge in [-0.3, -0.25) is 0 Å². The first-order valence-electron chi connectivity index (χ1n) is 6.57. The third-order valence-electron chi connectivity index (χ3n) is 3.14. The number of carboxylic acids is 2. The second kappa shape index (κ2) is 13.3. The molecule has 0 aliphatic rings. The first-order chi connectivity index (χ1) is 9.07. The van der Waals surface area contributed by atoms with Crippen LogP contribution in [0, 0.1) is 0 Å². The molecule has 0 N–H and O–H groups in total. The summed E-state index contributed by atoms with van der Waals surface area (Å²) >= 11 is 0. The summed E-state index contributed by atoms with van der Waals surface area (Å²) in [4.78, 5) is 21.9. The Morgan fingerprint density at radius 2 is 1.62 bits per heavy atom. The molecular formula is C15H18KNaO4. The van der Waals surface area contributed by atoms with Gasteiger partial charge in [0.1, 0.15) is 0 Å². The molecule has 0 fully saturated rings. The zero-order valence-electron chi connectivity index (χ0n) is 13.1. The largest absolute Gasteiger partial charge is 1.00 e. The van der Waals surface area contributed by atoms with Crippen LogP contribution in [-0.4, -0.2) is 11.9 Å². The molecule has 0 atom stereocenters. The number of carbonyl (C=O) groups excluding carboxylic acids is 2. The first kappa shape index (κ1) is 24.1. The molecule has 6 heteroatoms. The van der Waals surface area contributed by atoms with Gasteiger partial charge in [0.15, 0.2) is 0 Å². The van der Waals surface area contributed by atoms with Crippen molar-refractivity contribution in [1.82, 2.24) is 0 Å². The van der Waals surface area contributed by atoms with Crippen molar-refractivity contribution >= 4 is 11.9 Å². The Balaban J connectivity index is 0. The van der Waals surface area contributed by atoms with Gasteiger partial charge in [-0.25, -0.2) is 0 Å². The summed E-state index contributed by atoms with van der Waals surface area (Å²) in [5.41, 5.74) is 1.02. The van der Waals surface area contributed by atoms with Gasteiger partial charge in [0.05, 0.1) is 17.9 Å². The zero-order valence-corrected chi connectivity index (χ0v) is 18.2. The van der Waals surface area contributed by atoms with E-state index in [4.69, 9.17) is 0 Å². The first-order valence-corrected chi connectivity index (χ1v) is 6.57. The van der Waals surface area contributed by atoms with Gasteiger partial charge >= 0.3 is 80.9 Å². The monoisotopic (exact) mass is 324 g/mol. The second-order valence-corrected chi connectivity index (χ2v) is 4.58. The SMILES string of the molecule is CCCCCCc1ccccc1C(C(=O)[O-])C(=O)[O-].[K+].[Na+]. The molecule has 4 nitrogen and oxygen atoms in total. The van der Waals surface area contributed by atoms with E-state index in [-0.39, 0.29) is 86.5 Å². The summed E-state index contributed by atoms with van der Waals surface area (Å²) in [5, 5.41) is 21.9. The molecule has 0 saturated carbocycles. The number of carbonyl (C=O) groups is 2. The van der Waals surface area contributed by atoms with Crippen LogP contribution in [0.15, 0.2) is 24.3 Å². The van der Waals surface area contributed by atoms with Crippen molar-refractivity contribution in [3.05, 3.63) is 35.4 Å². The van der Waals surface area contributed by atoms with E-state index in [0.717, 1.165) is 31.2 Å². The standard InChI is InChI=1S/C15H20O4.K.Na/c1-2-3-4-5-8-11-9-6-7-10-12(11)13(14(16)17)15(18)19;;/h6-7,9-10,13H,2-5,8H2,1H3,(H,16,17)(H,18,19);;/q;2*+1/p-2. The van der Waals surface area contributed by atoms with Crippen LogP contribution in [0.1, 0.15) is 49.7 Å². The normalized spacial score (nSPS) is 9.62. The minimum atomic E-state index is -1.69. The van der Waals surface area contributed by atoms with Gasteiger partial charge in [-0.2, -0.15) is 0 Å². The Bertz CT molecular complexity index is 437. The van der Waals surface area contributed by atoms with Crippen LogP contribution >= 0.6 is 0 Å². The molecule has 0 saturated heterocycles. The van der Waals surface area contributed by atoms with E-state index in [1.165, 1.54) is 6.07 Å². The molecule has 0 spiro atoms. The molecule has 1 aromatic carbocycles. The van der Waals surface area contributed by atoms with Crippen molar-refractivity contribution in [2.75, 3.05) is 0 Å². The summed E-state index contributed by atoms with van der Waals surface area (Å²) in [6, 6.07) is 6.69.